The summed E-state index contributed by atoms with van der Waals surface area (Å²) < 4.78 is 0.984. The average Bonchev–Trinajstić information content (AvgIpc) is 2.56. The van der Waals surface area contributed by atoms with Crippen LogP contribution in [-0.4, -0.2) is 22.9 Å². The van der Waals surface area contributed by atoms with Crippen LogP contribution in [0.4, 0.5) is 10.5 Å². The number of urea groups is 1. The number of amides is 2. The van der Waals surface area contributed by atoms with Crippen LogP contribution in [0.2, 0.25) is 0 Å². The Kier molecular flexibility index (Phi) is 5.92. The average molecular weight is 392 g/mol. The van der Waals surface area contributed by atoms with Gasteiger partial charge in [0.25, 0.3) is 5.69 Å². The Morgan fingerprint density at radius 1 is 1.29 bits per heavy atom. The number of nitrogens with one attached hydrogen (secondary N) is 1. The van der Waals surface area contributed by atoms with Crippen LogP contribution in [0, 0.1) is 10.1 Å². The first-order valence-electron chi connectivity index (χ1n) is 7.37. The number of nitro groups is 1. The molecule has 2 aromatic rings. The van der Waals surface area contributed by atoms with Gasteiger partial charge >= 0.3 is 6.03 Å². The molecule has 0 saturated carbocycles. The minimum Gasteiger partial charge on any atom is -0.331 e. The van der Waals surface area contributed by atoms with Gasteiger partial charge in [0.2, 0.25) is 0 Å². The van der Waals surface area contributed by atoms with E-state index in [1.807, 2.05) is 24.3 Å². The van der Waals surface area contributed by atoms with E-state index in [1.165, 1.54) is 12.1 Å². The molecule has 0 fully saturated rings. The third-order valence-corrected chi connectivity index (χ3v) is 4.13. The topological polar surface area (TPSA) is 75.5 Å². The van der Waals surface area contributed by atoms with E-state index < -0.39 is 4.92 Å². The number of nitrogens with zero attached hydrogens (tertiary/aromatic N) is 2. The summed E-state index contributed by atoms with van der Waals surface area (Å²) in [5.74, 6) is 0. The molecule has 1 atom stereocenters. The van der Waals surface area contributed by atoms with E-state index >= 15 is 0 Å². The zero-order valence-electron chi connectivity index (χ0n) is 13.4. The zero-order chi connectivity index (χ0) is 17.7. The molecule has 0 aliphatic heterocycles. The number of benzene rings is 2. The van der Waals surface area contributed by atoms with E-state index in [1.54, 1.807) is 31.0 Å². The lowest BCUT2D eigenvalue weighted by molar-refractivity contribution is -0.384. The molecule has 6 nitrogen and oxygen atoms in total. The van der Waals surface area contributed by atoms with Gasteiger partial charge in [0.15, 0.2) is 0 Å². The fourth-order valence-corrected chi connectivity index (χ4v) is 2.49. The van der Waals surface area contributed by atoms with Crippen LogP contribution in [0.25, 0.3) is 0 Å². The van der Waals surface area contributed by atoms with E-state index in [0.29, 0.717) is 12.1 Å². The molecular weight excluding hydrogens is 374 g/mol. The Morgan fingerprint density at radius 2 is 1.96 bits per heavy atom. The largest absolute Gasteiger partial charge is 0.331 e. The molecule has 1 N–H and O–H groups in total. The molecule has 2 amide bonds. The number of hydrogen-bond donors (Lipinski definition) is 1. The molecule has 24 heavy (non-hydrogen) atoms. The van der Waals surface area contributed by atoms with Crippen molar-refractivity contribution in [3.63, 3.8) is 0 Å². The Balaban J connectivity index is 1.98. The van der Waals surface area contributed by atoms with Gasteiger partial charge in [0.05, 0.1) is 11.0 Å². The van der Waals surface area contributed by atoms with Crippen LogP contribution in [-0.2, 0) is 6.54 Å². The molecule has 1 unspecified atom stereocenters. The second kappa shape index (κ2) is 7.92. The maximum absolute atomic E-state index is 12.3. The molecule has 0 heterocycles. The van der Waals surface area contributed by atoms with Crippen LogP contribution in [0.5, 0.6) is 0 Å². The normalized spacial score (nSPS) is 11.6. The highest BCUT2D eigenvalue weighted by Gasteiger charge is 2.15. The van der Waals surface area contributed by atoms with Crippen molar-refractivity contribution in [3.8, 4) is 0 Å². The third kappa shape index (κ3) is 4.79. The second-order valence-corrected chi connectivity index (χ2v) is 6.42. The van der Waals surface area contributed by atoms with Crippen molar-refractivity contribution in [1.82, 2.24) is 10.2 Å². The fraction of sp³-hybridized carbons (Fsp3) is 0.235. The predicted molar refractivity (Wildman–Crippen MR) is 95.7 cm³/mol. The number of hydrogen-bond acceptors (Lipinski definition) is 3. The number of non-ortho nitro benzene ring substituents is 1. The number of carbonyl (C=O) groups excluding carboxylic acids is 1. The number of carbonyl (C=O) groups is 1. The minimum atomic E-state index is -0.447. The number of nitro benzene ring substituents is 1. The summed E-state index contributed by atoms with van der Waals surface area (Å²) in [7, 11) is 1.71. The highest BCUT2D eigenvalue weighted by molar-refractivity contribution is 9.10. The van der Waals surface area contributed by atoms with Gasteiger partial charge in [-0.3, -0.25) is 10.1 Å². The molecule has 0 aliphatic carbocycles. The molecule has 0 bridgehead atoms. The lowest BCUT2D eigenvalue weighted by atomic mass is 10.1. The minimum absolute atomic E-state index is 0.0109. The quantitative estimate of drug-likeness (QED) is 0.610. The molecule has 7 heteroatoms. The molecule has 2 aromatic carbocycles. The van der Waals surface area contributed by atoms with Crippen LogP contribution in [0.1, 0.15) is 24.1 Å². The van der Waals surface area contributed by atoms with E-state index in [4.69, 9.17) is 0 Å². The lowest BCUT2D eigenvalue weighted by Crippen LogP contribution is -2.38. The van der Waals surface area contributed by atoms with Crippen LogP contribution < -0.4 is 5.32 Å². The fourth-order valence-electron chi connectivity index (χ4n) is 2.22. The Morgan fingerprint density at radius 3 is 2.58 bits per heavy atom. The maximum Gasteiger partial charge on any atom is 0.317 e. The standard InChI is InChI=1S/C17H18BrN3O3/c1-12(14-4-3-5-16(10-14)21(23)24)19-17(22)20(2)11-13-6-8-15(18)9-7-13/h3-10,12H,11H2,1-2H3,(H,19,22). The van der Waals surface area contributed by atoms with Gasteiger partial charge in [-0.1, -0.05) is 40.2 Å². The second-order valence-electron chi connectivity index (χ2n) is 5.51. The van der Waals surface area contributed by atoms with Crippen molar-refractivity contribution in [2.24, 2.45) is 0 Å². The lowest BCUT2D eigenvalue weighted by Gasteiger charge is -2.21. The van der Waals surface area contributed by atoms with Crippen LogP contribution in [0.15, 0.2) is 53.0 Å². The molecule has 0 aromatic heterocycles. The van der Waals surface area contributed by atoms with Crippen LogP contribution >= 0.6 is 15.9 Å². The van der Waals surface area contributed by atoms with E-state index in [-0.39, 0.29) is 17.8 Å². The van der Waals surface area contributed by atoms with Crippen molar-refractivity contribution < 1.29 is 9.72 Å². The van der Waals surface area contributed by atoms with Crippen LogP contribution in [0.3, 0.4) is 0 Å². The first kappa shape index (κ1) is 17.9. The maximum atomic E-state index is 12.3. The summed E-state index contributed by atoms with van der Waals surface area (Å²) >= 11 is 3.37. The van der Waals surface area contributed by atoms with Gasteiger partial charge in [0, 0.05) is 30.2 Å². The van der Waals surface area contributed by atoms with E-state index in [2.05, 4.69) is 21.2 Å². The highest BCUT2D eigenvalue weighted by atomic mass is 79.9. The highest BCUT2D eigenvalue weighted by Crippen LogP contribution is 2.19. The van der Waals surface area contributed by atoms with Crippen molar-refractivity contribution in [2.45, 2.75) is 19.5 Å². The Labute approximate surface area is 148 Å². The molecule has 0 aliphatic rings. The van der Waals surface area contributed by atoms with Gasteiger partial charge in [-0.05, 0) is 30.2 Å². The van der Waals surface area contributed by atoms with Gasteiger partial charge in [-0.15, -0.1) is 0 Å². The third-order valence-electron chi connectivity index (χ3n) is 3.60. The van der Waals surface area contributed by atoms with E-state index in [0.717, 1.165) is 10.0 Å². The summed E-state index contributed by atoms with van der Waals surface area (Å²) in [4.78, 5) is 24.2. The van der Waals surface area contributed by atoms with Crippen molar-refractivity contribution in [1.29, 1.82) is 0 Å². The number of rotatable bonds is 5. The first-order valence-corrected chi connectivity index (χ1v) is 8.16. The molecule has 0 radical (unpaired) electrons. The molecular formula is C17H18BrN3O3. The Bertz CT molecular complexity index is 734. The van der Waals surface area contributed by atoms with Gasteiger partial charge in [-0.2, -0.15) is 0 Å². The summed E-state index contributed by atoms with van der Waals surface area (Å²) in [5.41, 5.74) is 1.71. The van der Waals surface area contributed by atoms with Gasteiger partial charge in [0.1, 0.15) is 0 Å². The molecule has 2 rings (SSSR count). The van der Waals surface area contributed by atoms with Gasteiger partial charge < -0.3 is 10.2 Å². The predicted octanol–water partition coefficient (Wildman–Crippen LogP) is 4.26. The summed E-state index contributed by atoms with van der Waals surface area (Å²) in [5, 5.41) is 13.7. The van der Waals surface area contributed by atoms with Crippen molar-refractivity contribution in [3.05, 3.63) is 74.2 Å². The first-order chi connectivity index (χ1) is 11.4. The molecule has 0 spiro atoms. The smallest absolute Gasteiger partial charge is 0.317 e. The van der Waals surface area contributed by atoms with Crippen molar-refractivity contribution in [2.75, 3.05) is 7.05 Å². The summed E-state index contributed by atoms with van der Waals surface area (Å²) in [6.07, 6.45) is 0. The summed E-state index contributed by atoms with van der Waals surface area (Å²) in [6, 6.07) is 13.4. The molecule has 0 saturated heterocycles. The van der Waals surface area contributed by atoms with Gasteiger partial charge in [-0.25, -0.2) is 4.79 Å². The SMILES string of the molecule is CC(NC(=O)N(C)Cc1ccc(Br)cc1)c1cccc([N+](=O)[O-])c1. The molecule has 126 valence electrons. The van der Waals surface area contributed by atoms with Crippen molar-refractivity contribution >= 4 is 27.6 Å². The summed E-state index contributed by atoms with van der Waals surface area (Å²) in [6.45, 7) is 2.27. The number of halogens is 1. The Hall–Kier alpha value is -2.41. The zero-order valence-corrected chi connectivity index (χ0v) is 15.0. The monoisotopic (exact) mass is 391 g/mol. The van der Waals surface area contributed by atoms with E-state index in [9.17, 15) is 14.9 Å².